The summed E-state index contributed by atoms with van der Waals surface area (Å²) in [7, 11) is 0. The van der Waals surface area contributed by atoms with Crippen LogP contribution in [-0.4, -0.2) is 76.0 Å². The number of amides is 1. The molecule has 1 aromatic heterocycles. The van der Waals surface area contributed by atoms with Crippen molar-refractivity contribution in [3.05, 3.63) is 42.7 Å². The Bertz CT molecular complexity index is 880. The Balaban J connectivity index is 1.31. The molecule has 3 aliphatic rings. The van der Waals surface area contributed by atoms with Crippen molar-refractivity contribution < 1.29 is 19.4 Å². The maximum Gasteiger partial charge on any atom is 0.219 e. The topological polar surface area (TPSA) is 88.9 Å². The van der Waals surface area contributed by atoms with E-state index in [1.165, 1.54) is 0 Å². The molecule has 8 heteroatoms. The third kappa shape index (κ3) is 3.65. The number of fused-ring (bicyclic) bond motifs is 2. The summed E-state index contributed by atoms with van der Waals surface area (Å²) >= 11 is 0. The molecule has 2 bridgehead atoms. The lowest BCUT2D eigenvalue weighted by molar-refractivity contribution is -0.169. The molecule has 0 saturated carbocycles. The van der Waals surface area contributed by atoms with E-state index in [-0.39, 0.29) is 24.1 Å². The number of benzene rings is 1. The first-order valence-corrected chi connectivity index (χ1v) is 10.7. The average Bonchev–Trinajstić information content (AvgIpc) is 3.41. The van der Waals surface area contributed by atoms with Gasteiger partial charge in [0.15, 0.2) is 6.29 Å². The number of piperidine rings is 1. The highest BCUT2D eigenvalue weighted by atomic mass is 16.7. The molecule has 5 rings (SSSR count). The van der Waals surface area contributed by atoms with Crippen molar-refractivity contribution in [2.24, 2.45) is 0 Å². The minimum Gasteiger partial charge on any atom is -0.389 e. The summed E-state index contributed by atoms with van der Waals surface area (Å²) in [5.41, 5.74) is 2.07. The number of ether oxygens (including phenoxy) is 2. The number of nitrogens with one attached hydrogen (secondary N) is 1. The maximum absolute atomic E-state index is 11.6. The van der Waals surface area contributed by atoms with E-state index in [4.69, 9.17) is 9.47 Å². The van der Waals surface area contributed by atoms with E-state index in [0.29, 0.717) is 6.61 Å². The van der Waals surface area contributed by atoms with Crippen molar-refractivity contribution in [2.75, 3.05) is 19.7 Å². The molecule has 160 valence electrons. The van der Waals surface area contributed by atoms with Crippen molar-refractivity contribution >= 4 is 5.91 Å². The van der Waals surface area contributed by atoms with Crippen LogP contribution in [0.25, 0.3) is 11.1 Å². The lowest BCUT2D eigenvalue weighted by atomic mass is 9.93. The first-order chi connectivity index (χ1) is 14.6. The second-order valence-corrected chi connectivity index (χ2v) is 8.41. The Labute approximate surface area is 175 Å². The monoisotopic (exact) mass is 412 g/mol. The van der Waals surface area contributed by atoms with E-state index < -0.39 is 18.4 Å². The summed E-state index contributed by atoms with van der Waals surface area (Å²) in [6, 6.07) is 9.61. The van der Waals surface area contributed by atoms with Gasteiger partial charge in [-0.1, -0.05) is 30.3 Å². The van der Waals surface area contributed by atoms with Crippen molar-refractivity contribution in [1.82, 2.24) is 20.0 Å². The van der Waals surface area contributed by atoms with Gasteiger partial charge in [-0.3, -0.25) is 9.48 Å². The molecule has 30 heavy (non-hydrogen) atoms. The van der Waals surface area contributed by atoms with Gasteiger partial charge in [0.05, 0.1) is 24.9 Å². The number of aliphatic hydroxyl groups excluding tert-OH is 1. The standard InChI is InChI=1S/C22H28N4O4/c1-14(27)25-9-7-17(8-10-25)24-19-18-13-29-22(30-18)20(21(19)28)26-12-16(11-23-26)15-5-3-2-4-6-15/h2-6,11-12,17-22,24,28H,7-10,13H2,1H3/t18-,19-,20-,21+,22-/m1/s1. The van der Waals surface area contributed by atoms with Crippen LogP contribution in [0.5, 0.6) is 0 Å². The zero-order valence-electron chi connectivity index (χ0n) is 17.1. The molecule has 3 aliphatic heterocycles. The highest BCUT2D eigenvalue weighted by Crippen LogP contribution is 2.36. The first-order valence-electron chi connectivity index (χ1n) is 10.7. The largest absolute Gasteiger partial charge is 0.389 e. The van der Waals surface area contributed by atoms with Crippen molar-refractivity contribution in [3.63, 3.8) is 0 Å². The van der Waals surface area contributed by atoms with Crippen molar-refractivity contribution in [2.45, 2.75) is 56.4 Å². The molecule has 0 radical (unpaired) electrons. The second-order valence-electron chi connectivity index (χ2n) is 8.41. The number of hydrogen-bond acceptors (Lipinski definition) is 6. The van der Waals surface area contributed by atoms with E-state index in [0.717, 1.165) is 37.1 Å². The predicted octanol–water partition coefficient (Wildman–Crippen LogP) is 1.18. The van der Waals surface area contributed by atoms with Gasteiger partial charge in [-0.15, -0.1) is 0 Å². The van der Waals surface area contributed by atoms with Crippen LogP contribution < -0.4 is 5.32 Å². The van der Waals surface area contributed by atoms with Gasteiger partial charge in [0.1, 0.15) is 12.1 Å². The van der Waals surface area contributed by atoms with Crippen LogP contribution in [0.3, 0.4) is 0 Å². The van der Waals surface area contributed by atoms with Crippen LogP contribution in [0.15, 0.2) is 42.7 Å². The molecule has 0 aliphatic carbocycles. The van der Waals surface area contributed by atoms with Gasteiger partial charge in [0.25, 0.3) is 0 Å². The second kappa shape index (κ2) is 8.11. The van der Waals surface area contributed by atoms with Crippen LogP contribution in [0, 0.1) is 0 Å². The molecule has 1 amide bonds. The summed E-state index contributed by atoms with van der Waals surface area (Å²) in [6.45, 7) is 3.54. The highest BCUT2D eigenvalue weighted by Gasteiger charge is 2.51. The third-order valence-corrected chi connectivity index (χ3v) is 6.51. The Morgan fingerprint density at radius 3 is 2.70 bits per heavy atom. The molecule has 8 nitrogen and oxygen atoms in total. The summed E-state index contributed by atoms with van der Waals surface area (Å²) in [5, 5.41) is 19.4. The molecule has 0 unspecified atom stereocenters. The van der Waals surface area contributed by atoms with Crippen LogP contribution in [0.2, 0.25) is 0 Å². The fraction of sp³-hybridized carbons (Fsp3) is 0.545. The predicted molar refractivity (Wildman–Crippen MR) is 110 cm³/mol. The number of nitrogens with zero attached hydrogens (tertiary/aromatic N) is 3. The summed E-state index contributed by atoms with van der Waals surface area (Å²) in [5.74, 6) is 0.120. The molecule has 2 aromatic rings. The number of aliphatic hydroxyl groups is 1. The van der Waals surface area contributed by atoms with Crippen molar-refractivity contribution in [1.29, 1.82) is 0 Å². The fourth-order valence-corrected chi connectivity index (χ4v) is 4.80. The SMILES string of the molecule is CC(=O)N1CCC(N[C@H]2[C@H](O)[C@@H](n3cc(-c4ccccc4)cn3)[C@@H]3OC[C@H]2O3)CC1. The Morgan fingerprint density at radius 1 is 1.20 bits per heavy atom. The number of rotatable bonds is 4. The number of aromatic nitrogens is 2. The van der Waals surface area contributed by atoms with E-state index in [1.807, 2.05) is 47.6 Å². The Morgan fingerprint density at radius 2 is 1.97 bits per heavy atom. The van der Waals surface area contributed by atoms with E-state index in [1.54, 1.807) is 11.6 Å². The summed E-state index contributed by atoms with van der Waals surface area (Å²) < 4.78 is 13.7. The molecule has 2 N–H and O–H groups in total. The summed E-state index contributed by atoms with van der Waals surface area (Å²) in [6.07, 6.45) is 4.10. The Hall–Kier alpha value is -2.26. The molecule has 5 atom stereocenters. The number of carbonyl (C=O) groups is 1. The van der Waals surface area contributed by atoms with Gasteiger partial charge in [-0.25, -0.2) is 0 Å². The van der Waals surface area contributed by atoms with Gasteiger partial charge >= 0.3 is 0 Å². The van der Waals surface area contributed by atoms with E-state index in [9.17, 15) is 9.90 Å². The minimum absolute atomic E-state index is 0.120. The Kier molecular flexibility index (Phi) is 5.32. The van der Waals surface area contributed by atoms with E-state index in [2.05, 4.69) is 10.4 Å². The normalized spacial score (nSPS) is 31.8. The number of likely N-dealkylation sites (tertiary alicyclic amines) is 1. The molecular weight excluding hydrogens is 384 g/mol. The maximum atomic E-state index is 11.6. The van der Waals surface area contributed by atoms with Gasteiger partial charge in [-0.05, 0) is 18.4 Å². The smallest absolute Gasteiger partial charge is 0.219 e. The number of hydrogen-bond donors (Lipinski definition) is 2. The first kappa shape index (κ1) is 19.7. The third-order valence-electron chi connectivity index (χ3n) is 6.51. The highest BCUT2D eigenvalue weighted by molar-refractivity contribution is 5.73. The van der Waals surface area contributed by atoms with E-state index >= 15 is 0 Å². The zero-order valence-corrected chi connectivity index (χ0v) is 17.1. The zero-order chi connectivity index (χ0) is 20.7. The molecule has 1 aromatic carbocycles. The van der Waals surface area contributed by atoms with Crippen molar-refractivity contribution in [3.8, 4) is 11.1 Å². The molecule has 0 spiro atoms. The fourth-order valence-electron chi connectivity index (χ4n) is 4.80. The molecular formula is C22H28N4O4. The average molecular weight is 412 g/mol. The van der Waals surface area contributed by atoms with Crippen LogP contribution >= 0.6 is 0 Å². The molecule has 4 heterocycles. The van der Waals surface area contributed by atoms with Crippen LogP contribution in [0.4, 0.5) is 0 Å². The summed E-state index contributed by atoms with van der Waals surface area (Å²) in [4.78, 5) is 13.4. The lowest BCUT2D eigenvalue weighted by Gasteiger charge is -2.41. The molecule has 3 saturated heterocycles. The quantitative estimate of drug-likeness (QED) is 0.784. The van der Waals surface area contributed by atoms with Gasteiger partial charge in [0, 0.05) is 37.8 Å². The lowest BCUT2D eigenvalue weighted by Crippen LogP contribution is -2.61. The number of carbonyl (C=O) groups excluding carboxylic acids is 1. The minimum atomic E-state index is -0.689. The van der Waals surface area contributed by atoms with Crippen LogP contribution in [0.1, 0.15) is 25.8 Å². The van der Waals surface area contributed by atoms with Gasteiger partial charge < -0.3 is 24.8 Å². The van der Waals surface area contributed by atoms with Gasteiger partial charge in [-0.2, -0.15) is 5.10 Å². The van der Waals surface area contributed by atoms with Crippen LogP contribution in [-0.2, 0) is 14.3 Å². The van der Waals surface area contributed by atoms with Gasteiger partial charge in [0.2, 0.25) is 5.91 Å². The molecule has 3 fully saturated rings.